The first-order valence-electron chi connectivity index (χ1n) is 3.44. The van der Waals surface area contributed by atoms with Crippen molar-refractivity contribution in [2.24, 2.45) is 11.7 Å². The predicted molar refractivity (Wildman–Crippen MR) is 42.4 cm³/mol. The molecule has 0 spiro atoms. The molecule has 0 aromatic rings. The molecule has 0 heterocycles. The van der Waals surface area contributed by atoms with E-state index >= 15 is 0 Å². The van der Waals surface area contributed by atoms with Crippen LogP contribution in [0.1, 0.15) is 27.7 Å². The number of nitrogens with two attached hydrogens (primary N) is 1. The number of primary amides is 1. The lowest BCUT2D eigenvalue weighted by Crippen LogP contribution is -2.14. The van der Waals surface area contributed by atoms with E-state index in [4.69, 9.17) is 5.73 Å². The van der Waals surface area contributed by atoms with E-state index < -0.39 is 0 Å². The average molecular weight is 141 g/mol. The molecule has 0 saturated heterocycles. The van der Waals surface area contributed by atoms with Crippen LogP contribution in [0.25, 0.3) is 0 Å². The van der Waals surface area contributed by atoms with Gasteiger partial charge in [-0.25, -0.2) is 0 Å². The van der Waals surface area contributed by atoms with E-state index in [0.29, 0.717) is 11.5 Å². The zero-order valence-electron chi connectivity index (χ0n) is 7.06. The Morgan fingerprint density at radius 1 is 1.30 bits per heavy atom. The molecule has 58 valence electrons. The topological polar surface area (TPSA) is 43.1 Å². The molecule has 0 aliphatic rings. The van der Waals surface area contributed by atoms with E-state index in [0.717, 1.165) is 5.57 Å². The van der Waals surface area contributed by atoms with Crippen LogP contribution in [0.5, 0.6) is 0 Å². The van der Waals surface area contributed by atoms with Crippen LogP contribution in [0.4, 0.5) is 0 Å². The Hall–Kier alpha value is -0.790. The third-order valence-electron chi connectivity index (χ3n) is 1.83. The van der Waals surface area contributed by atoms with Gasteiger partial charge in [-0.15, -0.1) is 0 Å². The number of hydrogen-bond acceptors (Lipinski definition) is 1. The molecule has 10 heavy (non-hydrogen) atoms. The van der Waals surface area contributed by atoms with Crippen LogP contribution in [-0.2, 0) is 4.79 Å². The second-order valence-corrected chi connectivity index (χ2v) is 2.83. The smallest absolute Gasteiger partial charge is 0.244 e. The Balaban J connectivity index is 4.50. The highest BCUT2D eigenvalue weighted by atomic mass is 16.1. The minimum absolute atomic E-state index is 0.314. The molecule has 0 radical (unpaired) electrons. The van der Waals surface area contributed by atoms with Crippen LogP contribution in [0.2, 0.25) is 0 Å². The highest BCUT2D eigenvalue weighted by molar-refractivity contribution is 5.92. The quantitative estimate of drug-likeness (QED) is 0.581. The highest BCUT2D eigenvalue weighted by Crippen LogP contribution is 2.12. The van der Waals surface area contributed by atoms with Gasteiger partial charge >= 0.3 is 0 Å². The monoisotopic (exact) mass is 141 g/mol. The van der Waals surface area contributed by atoms with Crippen molar-refractivity contribution in [3.05, 3.63) is 11.1 Å². The van der Waals surface area contributed by atoms with Gasteiger partial charge < -0.3 is 5.73 Å². The number of allylic oxidation sites excluding steroid dienone is 1. The molecule has 2 nitrogen and oxygen atoms in total. The first-order valence-corrected chi connectivity index (χ1v) is 3.44. The Labute approximate surface area is 62.1 Å². The van der Waals surface area contributed by atoms with Crippen LogP contribution >= 0.6 is 0 Å². The molecule has 0 aliphatic heterocycles. The number of amides is 1. The lowest BCUT2D eigenvalue weighted by molar-refractivity contribution is -0.114. The van der Waals surface area contributed by atoms with Crippen molar-refractivity contribution >= 4 is 5.91 Å². The minimum atomic E-state index is -0.314. The largest absolute Gasteiger partial charge is 0.366 e. The zero-order chi connectivity index (χ0) is 8.31. The standard InChI is InChI=1S/C8H15NO/c1-5(2)6(3)7(4)8(9)10/h5H,1-4H3,(H2,9,10). The van der Waals surface area contributed by atoms with Gasteiger partial charge in [-0.2, -0.15) is 0 Å². The van der Waals surface area contributed by atoms with Gasteiger partial charge in [0.05, 0.1) is 0 Å². The van der Waals surface area contributed by atoms with E-state index in [1.807, 2.05) is 20.8 Å². The summed E-state index contributed by atoms with van der Waals surface area (Å²) in [6.45, 7) is 7.78. The summed E-state index contributed by atoms with van der Waals surface area (Å²) < 4.78 is 0. The Bertz CT molecular complexity index is 168. The molecule has 0 aliphatic carbocycles. The third kappa shape index (κ3) is 2.21. The maximum atomic E-state index is 10.6. The van der Waals surface area contributed by atoms with Crippen LogP contribution in [0, 0.1) is 5.92 Å². The van der Waals surface area contributed by atoms with Crippen LogP contribution in [0.3, 0.4) is 0 Å². The summed E-state index contributed by atoms with van der Waals surface area (Å²) in [4.78, 5) is 10.6. The van der Waals surface area contributed by atoms with Crippen LogP contribution in [0.15, 0.2) is 11.1 Å². The summed E-state index contributed by atoms with van der Waals surface area (Å²) in [5.41, 5.74) is 6.84. The Morgan fingerprint density at radius 2 is 1.70 bits per heavy atom. The molecule has 0 fully saturated rings. The molecule has 0 unspecified atom stereocenters. The molecule has 0 atom stereocenters. The van der Waals surface area contributed by atoms with Crippen molar-refractivity contribution < 1.29 is 4.79 Å². The fourth-order valence-corrected chi connectivity index (χ4v) is 0.627. The summed E-state index contributed by atoms with van der Waals surface area (Å²) in [6.07, 6.45) is 0. The lowest BCUT2D eigenvalue weighted by atomic mass is 10.00. The SMILES string of the molecule is CC(C(N)=O)=C(C)C(C)C. The van der Waals surface area contributed by atoms with E-state index in [-0.39, 0.29) is 5.91 Å². The van der Waals surface area contributed by atoms with Gasteiger partial charge in [-0.3, -0.25) is 4.79 Å². The normalized spacial score (nSPS) is 13.3. The van der Waals surface area contributed by atoms with Crippen molar-refractivity contribution in [2.75, 3.05) is 0 Å². The zero-order valence-corrected chi connectivity index (χ0v) is 7.06. The molecule has 0 saturated carbocycles. The number of rotatable bonds is 2. The molecule has 0 aromatic heterocycles. The van der Waals surface area contributed by atoms with E-state index in [9.17, 15) is 4.79 Å². The molecule has 0 rings (SSSR count). The maximum Gasteiger partial charge on any atom is 0.244 e. The second-order valence-electron chi connectivity index (χ2n) is 2.83. The molecule has 1 amide bonds. The van der Waals surface area contributed by atoms with Crippen LogP contribution < -0.4 is 5.73 Å². The van der Waals surface area contributed by atoms with Crippen molar-refractivity contribution in [3.8, 4) is 0 Å². The first-order chi connectivity index (χ1) is 4.46. The molecule has 2 N–H and O–H groups in total. The fraction of sp³-hybridized carbons (Fsp3) is 0.625. The van der Waals surface area contributed by atoms with Gasteiger partial charge in [-0.05, 0) is 19.8 Å². The van der Waals surface area contributed by atoms with E-state index in [2.05, 4.69) is 0 Å². The van der Waals surface area contributed by atoms with E-state index in [1.165, 1.54) is 0 Å². The van der Waals surface area contributed by atoms with Gasteiger partial charge in [0.15, 0.2) is 0 Å². The second kappa shape index (κ2) is 3.40. The van der Waals surface area contributed by atoms with Gasteiger partial charge in [0, 0.05) is 5.57 Å². The van der Waals surface area contributed by atoms with E-state index in [1.54, 1.807) is 6.92 Å². The first kappa shape index (κ1) is 9.21. The van der Waals surface area contributed by atoms with Crippen molar-refractivity contribution in [3.63, 3.8) is 0 Å². The fourth-order valence-electron chi connectivity index (χ4n) is 0.627. The summed E-state index contributed by atoms with van der Waals surface area (Å²) >= 11 is 0. The van der Waals surface area contributed by atoms with Crippen LogP contribution in [-0.4, -0.2) is 5.91 Å². The Morgan fingerprint density at radius 3 is 1.80 bits per heavy atom. The summed E-state index contributed by atoms with van der Waals surface area (Å²) in [7, 11) is 0. The van der Waals surface area contributed by atoms with Gasteiger partial charge in [-0.1, -0.05) is 19.4 Å². The average Bonchev–Trinajstić information content (AvgIpc) is 1.84. The minimum Gasteiger partial charge on any atom is -0.366 e. The van der Waals surface area contributed by atoms with Crippen molar-refractivity contribution in [2.45, 2.75) is 27.7 Å². The lowest BCUT2D eigenvalue weighted by Gasteiger charge is -2.07. The number of carbonyl (C=O) groups is 1. The number of carbonyl (C=O) groups excluding carboxylic acids is 1. The van der Waals surface area contributed by atoms with Gasteiger partial charge in [0.25, 0.3) is 0 Å². The van der Waals surface area contributed by atoms with Gasteiger partial charge in [0.1, 0.15) is 0 Å². The summed E-state index contributed by atoms with van der Waals surface area (Å²) in [6, 6.07) is 0. The van der Waals surface area contributed by atoms with Gasteiger partial charge in [0.2, 0.25) is 5.91 Å². The van der Waals surface area contributed by atoms with Crippen molar-refractivity contribution in [1.29, 1.82) is 0 Å². The summed E-state index contributed by atoms with van der Waals surface area (Å²) in [5.74, 6) is 0.0960. The molecule has 0 aromatic carbocycles. The molecular formula is C8H15NO. The molecule has 0 bridgehead atoms. The predicted octanol–water partition coefficient (Wildman–Crippen LogP) is 1.46. The maximum absolute atomic E-state index is 10.6. The molecule has 2 heteroatoms. The third-order valence-corrected chi connectivity index (χ3v) is 1.83. The highest BCUT2D eigenvalue weighted by Gasteiger charge is 2.05. The Kier molecular flexibility index (Phi) is 3.13. The van der Waals surface area contributed by atoms with Crippen molar-refractivity contribution in [1.82, 2.24) is 0 Å². The summed E-state index contributed by atoms with van der Waals surface area (Å²) in [5, 5.41) is 0. The molecular weight excluding hydrogens is 126 g/mol. The number of hydrogen-bond donors (Lipinski definition) is 1.